The average Bonchev–Trinajstić information content (AvgIpc) is 2.53. The minimum Gasteiger partial charge on any atom is -0.308 e. The Hall–Kier alpha value is -3.00. The highest BCUT2D eigenvalue weighted by Crippen LogP contribution is 2.21. The Morgan fingerprint density at radius 1 is 1.27 bits per heavy atom. The van der Waals surface area contributed by atoms with Gasteiger partial charge in [-0.3, -0.25) is 25.1 Å². The number of nitrogens with one attached hydrogen (secondary N) is 1. The molecule has 0 saturated carbocycles. The van der Waals surface area contributed by atoms with Gasteiger partial charge in [0.05, 0.1) is 10.6 Å². The highest BCUT2D eigenvalue weighted by molar-refractivity contribution is 5.93. The van der Waals surface area contributed by atoms with Gasteiger partial charge in [0.2, 0.25) is 0 Å². The van der Waals surface area contributed by atoms with E-state index >= 15 is 0 Å². The van der Waals surface area contributed by atoms with Gasteiger partial charge in [0.25, 0.3) is 17.2 Å². The molecule has 3 N–H and O–H groups in total. The summed E-state index contributed by atoms with van der Waals surface area (Å²) in [7, 11) is 0. The number of non-ortho nitro benzene ring substituents is 1. The van der Waals surface area contributed by atoms with E-state index in [1.54, 1.807) is 25.1 Å². The lowest BCUT2D eigenvalue weighted by atomic mass is 10.1. The summed E-state index contributed by atoms with van der Waals surface area (Å²) in [6.07, 6.45) is 0. The number of hydrogen-bond donors (Lipinski definition) is 2. The molecule has 22 heavy (non-hydrogen) atoms. The number of rotatable bonds is 4. The van der Waals surface area contributed by atoms with E-state index < -0.39 is 16.4 Å². The van der Waals surface area contributed by atoms with Crippen molar-refractivity contribution in [3.63, 3.8) is 0 Å². The summed E-state index contributed by atoms with van der Waals surface area (Å²) < 4.78 is 1.41. The number of amides is 1. The number of benzene rings is 1. The Labute approximate surface area is 125 Å². The third-order valence-corrected chi connectivity index (χ3v) is 3.24. The molecule has 0 radical (unpaired) electrons. The molecule has 0 fully saturated rings. The van der Waals surface area contributed by atoms with Crippen molar-refractivity contribution in [3.8, 4) is 11.3 Å². The van der Waals surface area contributed by atoms with Crippen molar-refractivity contribution >= 4 is 11.6 Å². The maximum absolute atomic E-state index is 12.3. The molecule has 1 amide bonds. The van der Waals surface area contributed by atoms with E-state index in [2.05, 4.69) is 0 Å². The van der Waals surface area contributed by atoms with E-state index in [-0.39, 0.29) is 11.3 Å². The zero-order valence-corrected chi connectivity index (χ0v) is 11.8. The number of nitro groups is 1. The fraction of sp³-hybridized carbons (Fsp3) is 0.143. The first-order chi connectivity index (χ1) is 10.5. The molecule has 0 saturated heterocycles. The zero-order valence-electron chi connectivity index (χ0n) is 11.8. The van der Waals surface area contributed by atoms with Crippen LogP contribution in [0.3, 0.4) is 0 Å². The van der Waals surface area contributed by atoms with Crippen molar-refractivity contribution in [2.75, 3.05) is 0 Å². The van der Waals surface area contributed by atoms with Crippen molar-refractivity contribution in [2.45, 2.75) is 13.5 Å². The minimum atomic E-state index is -0.664. The van der Waals surface area contributed by atoms with Crippen LogP contribution < -0.4 is 16.8 Å². The summed E-state index contributed by atoms with van der Waals surface area (Å²) >= 11 is 0. The summed E-state index contributed by atoms with van der Waals surface area (Å²) in [6, 6.07) is 8.83. The van der Waals surface area contributed by atoms with E-state index in [1.165, 1.54) is 22.8 Å². The Kier molecular flexibility index (Phi) is 4.33. The molecule has 0 unspecified atom stereocenters. The van der Waals surface area contributed by atoms with Crippen LogP contribution in [0, 0.1) is 10.1 Å². The Bertz CT molecular complexity index is 780. The molecule has 1 aromatic heterocycles. The largest absolute Gasteiger partial charge is 0.308 e. The maximum atomic E-state index is 12.3. The van der Waals surface area contributed by atoms with E-state index in [4.69, 9.17) is 5.84 Å². The van der Waals surface area contributed by atoms with Crippen molar-refractivity contribution in [2.24, 2.45) is 5.84 Å². The van der Waals surface area contributed by atoms with Gasteiger partial charge < -0.3 is 4.57 Å². The van der Waals surface area contributed by atoms with Gasteiger partial charge in [-0.2, -0.15) is 0 Å². The maximum Gasteiger partial charge on any atom is 0.270 e. The summed E-state index contributed by atoms with van der Waals surface area (Å²) in [6.45, 7) is 2.11. The van der Waals surface area contributed by atoms with Crippen LogP contribution in [0.4, 0.5) is 5.69 Å². The van der Waals surface area contributed by atoms with Crippen molar-refractivity contribution in [3.05, 3.63) is 62.4 Å². The Balaban J connectivity index is 2.56. The molecule has 0 spiro atoms. The highest BCUT2D eigenvalue weighted by atomic mass is 16.6. The number of carbonyl (C=O) groups excluding carboxylic acids is 1. The highest BCUT2D eigenvalue weighted by Gasteiger charge is 2.15. The number of carbonyl (C=O) groups is 1. The van der Waals surface area contributed by atoms with Gasteiger partial charge in [-0.25, -0.2) is 5.84 Å². The molecular weight excluding hydrogens is 288 g/mol. The molecule has 2 rings (SSSR count). The molecule has 2 aromatic rings. The minimum absolute atomic E-state index is 0.0340. The second-order valence-electron chi connectivity index (χ2n) is 4.46. The number of nitrogen functional groups attached to an aromatic ring is 1. The van der Waals surface area contributed by atoms with Crippen LogP contribution in [0.5, 0.6) is 0 Å². The van der Waals surface area contributed by atoms with Crippen LogP contribution in [0.1, 0.15) is 17.3 Å². The fourth-order valence-corrected chi connectivity index (χ4v) is 2.15. The molecule has 0 aliphatic heterocycles. The molecule has 0 aliphatic carbocycles. The quantitative estimate of drug-likeness (QED) is 0.378. The van der Waals surface area contributed by atoms with E-state index in [0.717, 1.165) is 0 Å². The van der Waals surface area contributed by atoms with Gasteiger partial charge in [0, 0.05) is 18.7 Å². The first-order valence-electron chi connectivity index (χ1n) is 6.49. The lowest BCUT2D eigenvalue weighted by molar-refractivity contribution is -0.384. The first kappa shape index (κ1) is 15.4. The third kappa shape index (κ3) is 2.72. The normalized spacial score (nSPS) is 10.3. The molecule has 8 nitrogen and oxygen atoms in total. The summed E-state index contributed by atoms with van der Waals surface area (Å²) in [5.74, 6) is 4.38. The monoisotopic (exact) mass is 302 g/mol. The summed E-state index contributed by atoms with van der Waals surface area (Å²) in [5, 5.41) is 10.7. The van der Waals surface area contributed by atoms with Crippen molar-refractivity contribution in [1.82, 2.24) is 9.99 Å². The summed E-state index contributed by atoms with van der Waals surface area (Å²) in [4.78, 5) is 34.0. The SMILES string of the molecule is CCn1c(-c2ccc([N+](=O)[O-])cc2)ccc(C(=O)NN)c1=O. The molecule has 114 valence electrons. The fourth-order valence-electron chi connectivity index (χ4n) is 2.15. The molecule has 1 aromatic carbocycles. The number of nitrogens with two attached hydrogens (primary N) is 1. The third-order valence-electron chi connectivity index (χ3n) is 3.24. The second-order valence-corrected chi connectivity index (χ2v) is 4.46. The lowest BCUT2D eigenvalue weighted by Crippen LogP contribution is -2.36. The van der Waals surface area contributed by atoms with Crippen LogP contribution in [0.25, 0.3) is 11.3 Å². The number of pyridine rings is 1. The second kappa shape index (κ2) is 6.19. The molecule has 1 heterocycles. The number of nitro benzene ring substituents is 1. The van der Waals surface area contributed by atoms with E-state index in [1.807, 2.05) is 5.43 Å². The van der Waals surface area contributed by atoms with Gasteiger partial charge in [-0.15, -0.1) is 0 Å². The van der Waals surface area contributed by atoms with Crippen LogP contribution in [-0.2, 0) is 6.54 Å². The van der Waals surface area contributed by atoms with E-state index in [0.29, 0.717) is 17.8 Å². The van der Waals surface area contributed by atoms with Gasteiger partial charge in [0.15, 0.2) is 0 Å². The molecule has 0 aliphatic rings. The van der Waals surface area contributed by atoms with Gasteiger partial charge in [0.1, 0.15) is 5.56 Å². The molecule has 0 bridgehead atoms. The standard InChI is InChI=1S/C14H14N4O4/c1-2-17-12(8-7-11(14(17)20)13(19)16-15)9-3-5-10(6-4-9)18(21)22/h3-8H,2,15H2,1H3,(H,16,19). The van der Waals surface area contributed by atoms with Crippen molar-refractivity contribution in [1.29, 1.82) is 0 Å². The predicted molar refractivity (Wildman–Crippen MR) is 80.1 cm³/mol. The zero-order chi connectivity index (χ0) is 16.3. The van der Waals surface area contributed by atoms with Crippen LogP contribution in [-0.4, -0.2) is 15.4 Å². The van der Waals surface area contributed by atoms with Crippen LogP contribution in [0.2, 0.25) is 0 Å². The Morgan fingerprint density at radius 3 is 2.41 bits per heavy atom. The number of hydrazine groups is 1. The number of nitrogens with zero attached hydrogens (tertiary/aromatic N) is 2. The van der Waals surface area contributed by atoms with Gasteiger partial charge in [-0.1, -0.05) is 0 Å². The molecular formula is C14H14N4O4. The van der Waals surface area contributed by atoms with E-state index in [9.17, 15) is 19.7 Å². The van der Waals surface area contributed by atoms with Gasteiger partial charge in [-0.05, 0) is 36.8 Å². The number of hydrogen-bond acceptors (Lipinski definition) is 5. The van der Waals surface area contributed by atoms with Crippen LogP contribution >= 0.6 is 0 Å². The number of aromatic nitrogens is 1. The Morgan fingerprint density at radius 2 is 1.91 bits per heavy atom. The lowest BCUT2D eigenvalue weighted by Gasteiger charge is -2.12. The smallest absolute Gasteiger partial charge is 0.270 e. The van der Waals surface area contributed by atoms with Crippen LogP contribution in [0.15, 0.2) is 41.2 Å². The van der Waals surface area contributed by atoms with Crippen molar-refractivity contribution < 1.29 is 9.72 Å². The molecule has 8 heteroatoms. The topological polar surface area (TPSA) is 120 Å². The average molecular weight is 302 g/mol. The first-order valence-corrected chi connectivity index (χ1v) is 6.49. The van der Waals surface area contributed by atoms with Gasteiger partial charge >= 0.3 is 0 Å². The summed E-state index contributed by atoms with van der Waals surface area (Å²) in [5.41, 5.74) is 2.57. The predicted octanol–water partition coefficient (Wildman–Crippen LogP) is 1.05. The molecule has 0 atom stereocenters.